The molecule has 1 aliphatic rings. The summed E-state index contributed by atoms with van der Waals surface area (Å²) in [6.45, 7) is 0.728. The van der Waals surface area contributed by atoms with E-state index >= 15 is 0 Å². The Bertz CT molecular complexity index is 726. The fraction of sp³-hybridized carbons (Fsp3) is 0.188. The van der Waals surface area contributed by atoms with E-state index in [4.69, 9.17) is 9.15 Å². The minimum Gasteiger partial charge on any atom is -0.488 e. The molecule has 100 valence electrons. The molecule has 4 rings (SSSR count). The minimum atomic E-state index is 0.149. The van der Waals surface area contributed by atoms with Gasteiger partial charge in [-0.15, -0.1) is 0 Å². The van der Waals surface area contributed by atoms with Crippen molar-refractivity contribution in [3.63, 3.8) is 0 Å². The van der Waals surface area contributed by atoms with Crippen molar-refractivity contribution >= 4 is 16.8 Å². The maximum atomic E-state index is 5.91. The number of rotatable bonds is 3. The molecule has 1 N–H and O–H groups in total. The van der Waals surface area contributed by atoms with Gasteiger partial charge in [-0.2, -0.15) is 0 Å². The van der Waals surface area contributed by atoms with Crippen molar-refractivity contribution in [3.05, 3.63) is 54.4 Å². The summed E-state index contributed by atoms with van der Waals surface area (Å²) in [4.78, 5) is 4.36. The lowest BCUT2D eigenvalue weighted by Crippen LogP contribution is -2.24. The van der Waals surface area contributed by atoms with Crippen LogP contribution < -0.4 is 10.1 Å². The van der Waals surface area contributed by atoms with Gasteiger partial charge in [-0.25, -0.2) is 4.98 Å². The van der Waals surface area contributed by atoms with Gasteiger partial charge in [0.05, 0.1) is 18.2 Å². The Hall–Kier alpha value is -2.49. The summed E-state index contributed by atoms with van der Waals surface area (Å²) in [6.07, 6.45) is 4.51. The number of nitrogens with one attached hydrogen (secondary N) is 1. The normalized spacial score (nSPS) is 16.9. The van der Waals surface area contributed by atoms with E-state index in [1.165, 1.54) is 5.56 Å². The van der Waals surface area contributed by atoms with Crippen molar-refractivity contribution in [1.82, 2.24) is 4.98 Å². The Kier molecular flexibility index (Phi) is 2.59. The second-order valence-electron chi connectivity index (χ2n) is 4.92. The Morgan fingerprint density at radius 3 is 3.10 bits per heavy atom. The average Bonchev–Trinajstić information content (AvgIpc) is 3.11. The molecular formula is C16H14N2O2. The van der Waals surface area contributed by atoms with E-state index in [1.807, 2.05) is 30.3 Å². The van der Waals surface area contributed by atoms with Crippen LogP contribution in [0.4, 0.5) is 5.82 Å². The summed E-state index contributed by atoms with van der Waals surface area (Å²) in [5.74, 6) is 1.84. The van der Waals surface area contributed by atoms with Gasteiger partial charge in [0.25, 0.3) is 0 Å². The first-order valence-corrected chi connectivity index (χ1v) is 6.71. The molecule has 0 bridgehead atoms. The molecule has 4 heteroatoms. The van der Waals surface area contributed by atoms with Gasteiger partial charge < -0.3 is 14.5 Å². The summed E-state index contributed by atoms with van der Waals surface area (Å²) in [6, 6.07) is 12.0. The monoisotopic (exact) mass is 266 g/mol. The standard InChI is InChI=1S/C16H14N2O2/c1-2-4-14-11(3-1)9-12(20-14)10-18-16-13-6-8-19-15(13)5-7-17-16/h1-8,12H,9-10H2,(H,17,18). The number of furan rings is 1. The van der Waals surface area contributed by atoms with Gasteiger partial charge in [0, 0.05) is 12.6 Å². The zero-order valence-electron chi connectivity index (χ0n) is 10.9. The number of pyridine rings is 1. The van der Waals surface area contributed by atoms with E-state index in [0.29, 0.717) is 0 Å². The number of aromatic nitrogens is 1. The second kappa shape index (κ2) is 4.56. The first kappa shape index (κ1) is 11.3. The third-order valence-corrected chi connectivity index (χ3v) is 3.59. The minimum absolute atomic E-state index is 0.149. The SMILES string of the molecule is c1ccc2c(c1)CC(CNc1nccc3occc13)O2. The van der Waals surface area contributed by atoms with Crippen LogP contribution in [-0.2, 0) is 6.42 Å². The topological polar surface area (TPSA) is 47.3 Å². The van der Waals surface area contributed by atoms with Crippen molar-refractivity contribution in [2.45, 2.75) is 12.5 Å². The molecule has 1 aromatic carbocycles. The Balaban J connectivity index is 1.48. The smallest absolute Gasteiger partial charge is 0.139 e. The summed E-state index contributed by atoms with van der Waals surface area (Å²) in [5.41, 5.74) is 2.12. The van der Waals surface area contributed by atoms with Gasteiger partial charge in [-0.05, 0) is 23.8 Å². The third kappa shape index (κ3) is 1.90. The largest absolute Gasteiger partial charge is 0.488 e. The number of hydrogen-bond donors (Lipinski definition) is 1. The van der Waals surface area contributed by atoms with Gasteiger partial charge >= 0.3 is 0 Å². The van der Waals surface area contributed by atoms with Crippen LogP contribution >= 0.6 is 0 Å². The van der Waals surface area contributed by atoms with E-state index in [0.717, 1.165) is 35.5 Å². The molecule has 0 radical (unpaired) electrons. The number of para-hydroxylation sites is 1. The molecule has 1 unspecified atom stereocenters. The number of fused-ring (bicyclic) bond motifs is 2. The summed E-state index contributed by atoms with van der Waals surface area (Å²) >= 11 is 0. The second-order valence-corrected chi connectivity index (χ2v) is 4.92. The number of hydrogen-bond acceptors (Lipinski definition) is 4. The summed E-state index contributed by atoms with van der Waals surface area (Å²) < 4.78 is 11.3. The molecule has 0 fully saturated rings. The van der Waals surface area contributed by atoms with Crippen LogP contribution in [0.25, 0.3) is 11.0 Å². The van der Waals surface area contributed by atoms with Crippen LogP contribution in [0.1, 0.15) is 5.56 Å². The lowest BCUT2D eigenvalue weighted by atomic mass is 10.1. The Labute approximate surface area is 116 Å². The van der Waals surface area contributed by atoms with Crippen LogP contribution in [0.2, 0.25) is 0 Å². The molecule has 20 heavy (non-hydrogen) atoms. The van der Waals surface area contributed by atoms with E-state index in [1.54, 1.807) is 12.5 Å². The Morgan fingerprint density at radius 2 is 2.15 bits per heavy atom. The Morgan fingerprint density at radius 1 is 1.20 bits per heavy atom. The number of anilines is 1. The molecule has 1 aliphatic heterocycles. The van der Waals surface area contributed by atoms with Gasteiger partial charge in [-0.3, -0.25) is 0 Å². The predicted molar refractivity (Wildman–Crippen MR) is 77.1 cm³/mol. The fourth-order valence-corrected chi connectivity index (χ4v) is 2.61. The molecular weight excluding hydrogens is 252 g/mol. The van der Waals surface area contributed by atoms with Gasteiger partial charge in [-0.1, -0.05) is 18.2 Å². The molecule has 0 saturated heterocycles. The van der Waals surface area contributed by atoms with E-state index in [2.05, 4.69) is 16.4 Å². The van der Waals surface area contributed by atoms with Crippen molar-refractivity contribution in [2.24, 2.45) is 0 Å². The first-order valence-electron chi connectivity index (χ1n) is 6.71. The van der Waals surface area contributed by atoms with Gasteiger partial charge in [0.2, 0.25) is 0 Å². The molecule has 4 nitrogen and oxygen atoms in total. The summed E-state index contributed by atoms with van der Waals surface area (Å²) in [7, 11) is 0. The lowest BCUT2D eigenvalue weighted by molar-refractivity contribution is 0.246. The third-order valence-electron chi connectivity index (χ3n) is 3.59. The van der Waals surface area contributed by atoms with E-state index in [9.17, 15) is 0 Å². The van der Waals surface area contributed by atoms with Crippen LogP contribution in [0.3, 0.4) is 0 Å². The highest BCUT2D eigenvalue weighted by molar-refractivity contribution is 5.87. The van der Waals surface area contributed by atoms with Gasteiger partial charge in [0.15, 0.2) is 0 Å². The van der Waals surface area contributed by atoms with Gasteiger partial charge in [0.1, 0.15) is 23.3 Å². The predicted octanol–water partition coefficient (Wildman–Crippen LogP) is 3.24. The maximum absolute atomic E-state index is 5.91. The number of nitrogens with zero attached hydrogens (tertiary/aromatic N) is 1. The average molecular weight is 266 g/mol. The molecule has 0 spiro atoms. The number of ether oxygens (including phenoxy) is 1. The van der Waals surface area contributed by atoms with Crippen LogP contribution in [-0.4, -0.2) is 17.6 Å². The summed E-state index contributed by atoms with van der Waals surface area (Å²) in [5, 5.41) is 4.36. The van der Waals surface area contributed by atoms with Crippen LogP contribution in [0.15, 0.2) is 53.3 Å². The molecule has 2 aromatic heterocycles. The number of benzene rings is 1. The molecule has 0 aliphatic carbocycles. The zero-order valence-corrected chi connectivity index (χ0v) is 10.9. The van der Waals surface area contributed by atoms with Crippen molar-refractivity contribution in [3.8, 4) is 5.75 Å². The maximum Gasteiger partial charge on any atom is 0.139 e. The molecule has 3 heterocycles. The van der Waals surface area contributed by atoms with Crippen LogP contribution in [0.5, 0.6) is 5.75 Å². The van der Waals surface area contributed by atoms with Crippen molar-refractivity contribution in [2.75, 3.05) is 11.9 Å². The molecule has 3 aromatic rings. The zero-order chi connectivity index (χ0) is 13.4. The highest BCUT2D eigenvalue weighted by atomic mass is 16.5. The van der Waals surface area contributed by atoms with E-state index in [-0.39, 0.29) is 6.10 Å². The highest BCUT2D eigenvalue weighted by Gasteiger charge is 2.22. The van der Waals surface area contributed by atoms with Crippen molar-refractivity contribution < 1.29 is 9.15 Å². The molecule has 0 saturated carbocycles. The molecule has 1 atom stereocenters. The first-order chi connectivity index (χ1) is 9.90. The van der Waals surface area contributed by atoms with Crippen molar-refractivity contribution in [1.29, 1.82) is 0 Å². The quantitative estimate of drug-likeness (QED) is 0.790. The molecule has 0 amide bonds. The van der Waals surface area contributed by atoms with E-state index < -0.39 is 0 Å². The van der Waals surface area contributed by atoms with Crippen LogP contribution in [0, 0.1) is 0 Å². The lowest BCUT2D eigenvalue weighted by Gasteiger charge is -2.12. The fourth-order valence-electron chi connectivity index (χ4n) is 2.61. The highest BCUT2D eigenvalue weighted by Crippen LogP contribution is 2.28.